The van der Waals surface area contributed by atoms with Crippen molar-refractivity contribution in [2.45, 2.75) is 24.4 Å². The van der Waals surface area contributed by atoms with Crippen molar-refractivity contribution in [3.8, 4) is 11.1 Å². The predicted octanol–water partition coefficient (Wildman–Crippen LogP) is 6.07. The van der Waals surface area contributed by atoms with E-state index in [1.165, 1.54) is 12.3 Å². The van der Waals surface area contributed by atoms with Gasteiger partial charge in [0, 0.05) is 22.7 Å². The Balaban J connectivity index is 1.51. The van der Waals surface area contributed by atoms with Gasteiger partial charge in [-0.05, 0) is 35.7 Å². The van der Waals surface area contributed by atoms with Crippen LogP contribution in [0.5, 0.6) is 0 Å². The molecule has 2 atom stereocenters. The minimum atomic E-state index is -3.14. The molecule has 138 valence electrons. The van der Waals surface area contributed by atoms with Gasteiger partial charge < -0.3 is 4.74 Å². The Labute approximate surface area is 161 Å². The fourth-order valence-electron chi connectivity index (χ4n) is 3.41. The van der Waals surface area contributed by atoms with Gasteiger partial charge in [-0.15, -0.1) is 0 Å². The molecule has 0 bridgehead atoms. The molecular formula is C22H18ClF2NO. The maximum Gasteiger partial charge on any atom is 0.315 e. The summed E-state index contributed by atoms with van der Waals surface area (Å²) in [6.45, 7) is 0.299. The highest BCUT2D eigenvalue weighted by molar-refractivity contribution is 6.30. The Bertz CT molecular complexity index is 898. The molecule has 3 aromatic rings. The van der Waals surface area contributed by atoms with Crippen LogP contribution < -0.4 is 0 Å². The lowest BCUT2D eigenvalue weighted by molar-refractivity contribution is -0.124. The summed E-state index contributed by atoms with van der Waals surface area (Å²) in [7, 11) is 0. The zero-order valence-electron chi connectivity index (χ0n) is 14.5. The summed E-state index contributed by atoms with van der Waals surface area (Å²) in [4.78, 5) is 4.03. The maximum atomic E-state index is 14.9. The van der Waals surface area contributed by atoms with Crippen LogP contribution in [-0.4, -0.2) is 17.7 Å². The van der Waals surface area contributed by atoms with E-state index >= 15 is 0 Å². The second kappa shape index (κ2) is 7.37. The van der Waals surface area contributed by atoms with Crippen LogP contribution in [-0.2, 0) is 10.7 Å². The highest BCUT2D eigenvalue weighted by Gasteiger charge is 2.47. The Kier molecular flexibility index (Phi) is 4.94. The van der Waals surface area contributed by atoms with Crippen LogP contribution in [0.1, 0.15) is 23.6 Å². The van der Waals surface area contributed by atoms with E-state index in [4.69, 9.17) is 16.3 Å². The number of aromatic nitrogens is 1. The summed E-state index contributed by atoms with van der Waals surface area (Å²) < 4.78 is 35.3. The molecule has 0 N–H and O–H groups in total. The highest BCUT2D eigenvalue weighted by Crippen LogP contribution is 2.42. The third-order valence-corrected chi connectivity index (χ3v) is 5.21. The van der Waals surface area contributed by atoms with Gasteiger partial charge in [-0.3, -0.25) is 4.98 Å². The average Bonchev–Trinajstić information content (AvgIpc) is 3.21. The van der Waals surface area contributed by atoms with Crippen molar-refractivity contribution in [2.75, 3.05) is 6.61 Å². The molecule has 1 fully saturated rings. The Morgan fingerprint density at radius 1 is 0.926 bits per heavy atom. The third-order valence-electron chi connectivity index (χ3n) is 4.96. The molecule has 1 aliphatic heterocycles. The van der Waals surface area contributed by atoms with Crippen LogP contribution in [0, 0.1) is 0 Å². The number of rotatable bonds is 4. The van der Waals surface area contributed by atoms with Crippen LogP contribution >= 0.6 is 11.6 Å². The highest BCUT2D eigenvalue weighted by atomic mass is 35.5. The normalized spacial score (nSPS) is 20.0. The molecular weight excluding hydrogens is 368 g/mol. The lowest BCUT2D eigenvalue weighted by Crippen LogP contribution is -2.31. The first-order valence-corrected chi connectivity index (χ1v) is 9.18. The molecule has 1 saturated heterocycles. The van der Waals surface area contributed by atoms with Gasteiger partial charge in [0.05, 0.1) is 6.61 Å². The molecule has 2 heterocycles. The van der Waals surface area contributed by atoms with Gasteiger partial charge >= 0.3 is 5.92 Å². The third kappa shape index (κ3) is 3.73. The minimum absolute atomic E-state index is 0.0181. The second-order valence-corrected chi connectivity index (χ2v) is 7.16. The summed E-state index contributed by atoms with van der Waals surface area (Å²) in [6, 6.07) is 19.9. The molecule has 4 rings (SSSR count). The largest absolute Gasteiger partial charge is 0.371 e. The quantitative estimate of drug-likeness (QED) is 0.544. The average molecular weight is 386 g/mol. The van der Waals surface area contributed by atoms with Crippen LogP contribution in [0.2, 0.25) is 5.02 Å². The Morgan fingerprint density at radius 3 is 2.30 bits per heavy atom. The molecule has 27 heavy (non-hydrogen) atoms. The first kappa shape index (κ1) is 18.1. The minimum Gasteiger partial charge on any atom is -0.371 e. The van der Waals surface area contributed by atoms with E-state index in [1.807, 2.05) is 42.5 Å². The number of halogens is 3. The van der Waals surface area contributed by atoms with Gasteiger partial charge in [-0.25, -0.2) is 0 Å². The summed E-state index contributed by atoms with van der Waals surface area (Å²) in [6.07, 6.45) is 0.574. The molecule has 2 aromatic carbocycles. The van der Waals surface area contributed by atoms with Crippen molar-refractivity contribution < 1.29 is 13.5 Å². The van der Waals surface area contributed by atoms with Gasteiger partial charge in [0.15, 0.2) is 0 Å². The van der Waals surface area contributed by atoms with Crippen LogP contribution in [0.15, 0.2) is 72.9 Å². The summed E-state index contributed by atoms with van der Waals surface area (Å²) in [5, 5.41) is 0.626. The number of ether oxygens (including phenoxy) is 1. The first-order valence-electron chi connectivity index (χ1n) is 8.81. The van der Waals surface area contributed by atoms with Gasteiger partial charge in [-0.1, -0.05) is 60.1 Å². The lowest BCUT2D eigenvalue weighted by atomic mass is 9.93. The van der Waals surface area contributed by atoms with E-state index < -0.39 is 12.0 Å². The van der Waals surface area contributed by atoms with E-state index in [0.29, 0.717) is 11.6 Å². The van der Waals surface area contributed by atoms with Crippen molar-refractivity contribution >= 4 is 11.6 Å². The molecule has 2 nitrogen and oxygen atoms in total. The molecule has 0 amide bonds. The number of hydrogen-bond acceptors (Lipinski definition) is 2. The molecule has 5 heteroatoms. The molecule has 0 spiro atoms. The lowest BCUT2D eigenvalue weighted by Gasteiger charge is -2.22. The van der Waals surface area contributed by atoms with E-state index in [0.717, 1.165) is 16.7 Å². The molecule has 2 unspecified atom stereocenters. The molecule has 1 aliphatic rings. The number of alkyl halides is 2. The van der Waals surface area contributed by atoms with Gasteiger partial charge in [0.1, 0.15) is 11.8 Å². The first-order chi connectivity index (χ1) is 13.0. The summed E-state index contributed by atoms with van der Waals surface area (Å²) >= 11 is 5.88. The van der Waals surface area contributed by atoms with Crippen molar-refractivity contribution in [3.63, 3.8) is 0 Å². The zero-order chi connectivity index (χ0) is 18.9. The summed E-state index contributed by atoms with van der Waals surface area (Å²) in [5.74, 6) is -3.15. The monoisotopic (exact) mass is 385 g/mol. The topological polar surface area (TPSA) is 22.1 Å². The fraction of sp³-hybridized carbons (Fsp3) is 0.227. The van der Waals surface area contributed by atoms with Crippen LogP contribution in [0.3, 0.4) is 0 Å². The Hall–Kier alpha value is -2.30. The van der Waals surface area contributed by atoms with Crippen LogP contribution in [0.25, 0.3) is 11.1 Å². The van der Waals surface area contributed by atoms with Crippen LogP contribution in [0.4, 0.5) is 8.78 Å². The summed E-state index contributed by atoms with van der Waals surface area (Å²) in [5.41, 5.74) is 2.41. The molecule has 0 radical (unpaired) electrons. The van der Waals surface area contributed by atoms with E-state index in [1.54, 1.807) is 18.2 Å². The number of hydrogen-bond donors (Lipinski definition) is 0. The van der Waals surface area contributed by atoms with E-state index in [-0.39, 0.29) is 18.0 Å². The fourth-order valence-corrected chi connectivity index (χ4v) is 3.53. The molecule has 0 aliphatic carbocycles. The second-order valence-electron chi connectivity index (χ2n) is 6.73. The number of benzene rings is 2. The predicted molar refractivity (Wildman–Crippen MR) is 102 cm³/mol. The smallest absolute Gasteiger partial charge is 0.315 e. The van der Waals surface area contributed by atoms with E-state index in [9.17, 15) is 8.78 Å². The number of nitrogens with zero attached hydrogens (tertiary/aromatic N) is 1. The van der Waals surface area contributed by atoms with Gasteiger partial charge in [0.2, 0.25) is 0 Å². The van der Waals surface area contributed by atoms with Crippen molar-refractivity contribution in [1.82, 2.24) is 4.98 Å². The van der Waals surface area contributed by atoms with Crippen molar-refractivity contribution in [1.29, 1.82) is 0 Å². The SMILES string of the molecule is FC(F)(c1ccc(-c2ccc(Cl)cc2)cn1)C1CC(c2ccccc2)CO1. The van der Waals surface area contributed by atoms with E-state index in [2.05, 4.69) is 4.98 Å². The van der Waals surface area contributed by atoms with Gasteiger partial charge in [0.25, 0.3) is 0 Å². The van der Waals surface area contributed by atoms with Crippen molar-refractivity contribution in [2.24, 2.45) is 0 Å². The van der Waals surface area contributed by atoms with Crippen molar-refractivity contribution in [3.05, 3.63) is 89.2 Å². The molecule has 1 aromatic heterocycles. The standard InChI is InChI=1S/C22H18ClF2NO/c23-19-9-6-16(7-10-19)17-8-11-20(26-13-17)22(24,25)21-12-18(14-27-21)15-4-2-1-3-5-15/h1-11,13,18,21H,12,14H2. The molecule has 0 saturated carbocycles. The zero-order valence-corrected chi connectivity index (χ0v) is 15.2. The Morgan fingerprint density at radius 2 is 1.63 bits per heavy atom. The maximum absolute atomic E-state index is 14.9. The number of pyridine rings is 1. The van der Waals surface area contributed by atoms with Gasteiger partial charge in [-0.2, -0.15) is 8.78 Å².